The van der Waals surface area contributed by atoms with E-state index in [1.54, 1.807) is 17.9 Å². The fourth-order valence-electron chi connectivity index (χ4n) is 1.15. The molecule has 0 amide bonds. The van der Waals surface area contributed by atoms with Crippen molar-refractivity contribution in [2.24, 2.45) is 12.8 Å². The molecule has 0 aliphatic rings. The number of hydrogen-bond acceptors (Lipinski definition) is 5. The van der Waals surface area contributed by atoms with E-state index in [-0.39, 0.29) is 18.1 Å². The molecule has 2 aromatic rings. The first-order valence-electron chi connectivity index (χ1n) is 3.74. The molecule has 2 heterocycles. The van der Waals surface area contributed by atoms with Gasteiger partial charge in [-0.15, -0.1) is 0 Å². The van der Waals surface area contributed by atoms with Crippen LogP contribution in [0.15, 0.2) is 10.9 Å². The molecular weight excluding hydrogens is 172 g/mol. The first-order chi connectivity index (χ1) is 6.24. The van der Waals surface area contributed by atoms with E-state index in [4.69, 9.17) is 10.3 Å². The van der Waals surface area contributed by atoms with E-state index in [2.05, 4.69) is 10.1 Å². The maximum Gasteiger partial charge on any atom is 0.229 e. The van der Waals surface area contributed by atoms with Crippen molar-refractivity contribution in [1.29, 1.82) is 0 Å². The lowest BCUT2D eigenvalue weighted by Crippen LogP contribution is -2.13. The van der Waals surface area contributed by atoms with Crippen LogP contribution in [0, 0.1) is 0 Å². The third kappa shape index (κ3) is 1.03. The Kier molecular flexibility index (Phi) is 1.63. The minimum Gasteiger partial charge on any atom is -0.348 e. The normalized spacial score (nSPS) is 10.9. The number of carbonyl (C=O) groups is 1. The number of rotatable bonds is 2. The molecule has 0 saturated heterocycles. The Bertz CT molecular complexity index is 456. The SMILES string of the molecule is Cn1cnc2noc(C(=O)CN)c21. The second-order valence-corrected chi connectivity index (χ2v) is 2.67. The molecule has 0 saturated carbocycles. The number of aryl methyl sites for hydroxylation is 1. The second-order valence-electron chi connectivity index (χ2n) is 2.67. The zero-order valence-electron chi connectivity index (χ0n) is 7.02. The highest BCUT2D eigenvalue weighted by molar-refractivity contribution is 6.03. The summed E-state index contributed by atoms with van der Waals surface area (Å²) >= 11 is 0. The highest BCUT2D eigenvalue weighted by atomic mass is 16.5. The minimum absolute atomic E-state index is 0.0878. The Hall–Kier alpha value is -1.69. The zero-order chi connectivity index (χ0) is 9.42. The molecule has 2 rings (SSSR count). The average Bonchev–Trinajstić information content (AvgIpc) is 2.68. The fourth-order valence-corrected chi connectivity index (χ4v) is 1.15. The van der Waals surface area contributed by atoms with Gasteiger partial charge in [0.1, 0.15) is 5.52 Å². The highest BCUT2D eigenvalue weighted by Crippen LogP contribution is 2.15. The number of hydrogen-bond donors (Lipinski definition) is 1. The van der Waals surface area contributed by atoms with E-state index in [1.807, 2.05) is 0 Å². The van der Waals surface area contributed by atoms with Crippen molar-refractivity contribution in [3.63, 3.8) is 0 Å². The van der Waals surface area contributed by atoms with E-state index in [9.17, 15) is 4.79 Å². The molecule has 0 fully saturated rings. The van der Waals surface area contributed by atoms with Gasteiger partial charge in [-0.05, 0) is 0 Å². The predicted molar refractivity (Wildman–Crippen MR) is 44.2 cm³/mol. The Balaban J connectivity index is 2.68. The van der Waals surface area contributed by atoms with E-state index in [1.165, 1.54) is 0 Å². The Morgan fingerprint density at radius 1 is 1.77 bits per heavy atom. The van der Waals surface area contributed by atoms with Crippen LogP contribution in [0.5, 0.6) is 0 Å². The Labute approximate surface area is 73.3 Å². The average molecular weight is 180 g/mol. The van der Waals surface area contributed by atoms with Crippen LogP contribution in [0.2, 0.25) is 0 Å². The Morgan fingerprint density at radius 3 is 3.23 bits per heavy atom. The number of nitrogens with zero attached hydrogens (tertiary/aromatic N) is 3. The zero-order valence-corrected chi connectivity index (χ0v) is 7.02. The Morgan fingerprint density at radius 2 is 2.54 bits per heavy atom. The van der Waals surface area contributed by atoms with Gasteiger partial charge in [0.05, 0.1) is 12.9 Å². The van der Waals surface area contributed by atoms with Crippen molar-refractivity contribution in [3.05, 3.63) is 12.1 Å². The van der Waals surface area contributed by atoms with Crippen molar-refractivity contribution >= 4 is 16.9 Å². The number of imidazole rings is 1. The van der Waals surface area contributed by atoms with Gasteiger partial charge < -0.3 is 14.8 Å². The van der Waals surface area contributed by atoms with E-state index in [0.29, 0.717) is 11.2 Å². The maximum absolute atomic E-state index is 11.2. The van der Waals surface area contributed by atoms with Gasteiger partial charge in [0.2, 0.25) is 17.2 Å². The quantitative estimate of drug-likeness (QED) is 0.641. The van der Waals surface area contributed by atoms with Crippen LogP contribution in [0.4, 0.5) is 0 Å². The van der Waals surface area contributed by atoms with Gasteiger partial charge in [-0.2, -0.15) is 0 Å². The summed E-state index contributed by atoms with van der Waals surface area (Å²) in [4.78, 5) is 15.2. The van der Waals surface area contributed by atoms with Crippen LogP contribution in [0.25, 0.3) is 11.2 Å². The van der Waals surface area contributed by atoms with Crippen LogP contribution < -0.4 is 5.73 Å². The molecule has 0 unspecified atom stereocenters. The van der Waals surface area contributed by atoms with Gasteiger partial charge in [-0.25, -0.2) is 4.98 Å². The van der Waals surface area contributed by atoms with E-state index >= 15 is 0 Å². The fraction of sp³-hybridized carbons (Fsp3) is 0.286. The summed E-state index contributed by atoms with van der Waals surface area (Å²) in [5, 5.41) is 3.63. The summed E-state index contributed by atoms with van der Waals surface area (Å²) in [5.41, 5.74) is 6.23. The molecule has 2 aromatic heterocycles. The van der Waals surface area contributed by atoms with Crippen LogP contribution in [-0.2, 0) is 7.05 Å². The van der Waals surface area contributed by atoms with Crippen molar-refractivity contribution in [2.75, 3.05) is 6.54 Å². The maximum atomic E-state index is 11.2. The first kappa shape index (κ1) is 7.93. The molecule has 0 aliphatic heterocycles. The molecule has 6 nitrogen and oxygen atoms in total. The summed E-state index contributed by atoms with van der Waals surface area (Å²) in [6, 6.07) is 0. The van der Waals surface area contributed by atoms with Crippen LogP contribution in [0.3, 0.4) is 0 Å². The van der Waals surface area contributed by atoms with Gasteiger partial charge in [-0.3, -0.25) is 4.79 Å². The number of Topliss-reactive ketones (excluding diaryl/α,β-unsaturated/α-hetero) is 1. The third-order valence-corrected chi connectivity index (χ3v) is 1.79. The summed E-state index contributed by atoms with van der Waals surface area (Å²) < 4.78 is 6.50. The second kappa shape index (κ2) is 2.67. The molecule has 0 radical (unpaired) electrons. The summed E-state index contributed by atoms with van der Waals surface area (Å²) in [7, 11) is 1.76. The number of fused-ring (bicyclic) bond motifs is 1. The monoisotopic (exact) mass is 180 g/mol. The van der Waals surface area contributed by atoms with Crippen molar-refractivity contribution in [1.82, 2.24) is 14.7 Å². The molecule has 0 spiro atoms. The minimum atomic E-state index is -0.272. The lowest BCUT2D eigenvalue weighted by atomic mass is 10.3. The molecule has 0 aliphatic carbocycles. The molecule has 0 bridgehead atoms. The molecule has 68 valence electrons. The van der Waals surface area contributed by atoms with Crippen molar-refractivity contribution < 1.29 is 9.32 Å². The molecule has 13 heavy (non-hydrogen) atoms. The number of nitrogens with two attached hydrogens (primary N) is 1. The van der Waals surface area contributed by atoms with Gasteiger partial charge in [0.15, 0.2) is 0 Å². The van der Waals surface area contributed by atoms with Crippen molar-refractivity contribution in [3.8, 4) is 0 Å². The van der Waals surface area contributed by atoms with Crippen molar-refractivity contribution in [2.45, 2.75) is 0 Å². The number of carbonyl (C=O) groups excluding carboxylic acids is 1. The predicted octanol–water partition coefficient (Wildman–Crippen LogP) is -0.297. The standard InChI is InChI=1S/C7H8N4O2/c1-11-3-9-7-5(11)6(13-10-7)4(12)2-8/h3H,2,8H2,1H3. The van der Waals surface area contributed by atoms with E-state index in [0.717, 1.165) is 0 Å². The number of aromatic nitrogens is 3. The topological polar surface area (TPSA) is 86.9 Å². The lowest BCUT2D eigenvalue weighted by Gasteiger charge is -1.92. The molecular formula is C7H8N4O2. The summed E-state index contributed by atoms with van der Waals surface area (Å²) in [6.45, 7) is -0.0878. The first-order valence-corrected chi connectivity index (χ1v) is 3.74. The molecule has 0 aromatic carbocycles. The smallest absolute Gasteiger partial charge is 0.229 e. The van der Waals surface area contributed by atoms with Gasteiger partial charge in [0.25, 0.3) is 0 Å². The van der Waals surface area contributed by atoms with Gasteiger partial charge in [-0.1, -0.05) is 5.16 Å². The molecule has 6 heteroatoms. The largest absolute Gasteiger partial charge is 0.348 e. The van der Waals surface area contributed by atoms with Gasteiger partial charge >= 0.3 is 0 Å². The third-order valence-electron chi connectivity index (χ3n) is 1.79. The van der Waals surface area contributed by atoms with Gasteiger partial charge in [0, 0.05) is 7.05 Å². The highest BCUT2D eigenvalue weighted by Gasteiger charge is 2.18. The van der Waals surface area contributed by atoms with Crippen LogP contribution in [0.1, 0.15) is 10.6 Å². The van der Waals surface area contributed by atoms with Crippen LogP contribution in [-0.4, -0.2) is 27.0 Å². The summed E-state index contributed by atoms with van der Waals surface area (Å²) in [5.74, 6) is -0.0939. The molecule has 0 atom stereocenters. The lowest BCUT2D eigenvalue weighted by molar-refractivity contribution is 0.0968. The summed E-state index contributed by atoms with van der Waals surface area (Å²) in [6.07, 6.45) is 1.57. The number of ketones is 1. The molecule has 2 N–H and O–H groups in total. The van der Waals surface area contributed by atoms with Crippen LogP contribution >= 0.6 is 0 Å². The van der Waals surface area contributed by atoms with E-state index < -0.39 is 0 Å².